The van der Waals surface area contributed by atoms with Crippen LogP contribution in [0.4, 0.5) is 0 Å². The van der Waals surface area contributed by atoms with Gasteiger partial charge in [0, 0.05) is 36.5 Å². The van der Waals surface area contributed by atoms with Gasteiger partial charge in [0.25, 0.3) is 5.56 Å². The Bertz CT molecular complexity index is 1090. The van der Waals surface area contributed by atoms with Gasteiger partial charge in [0.2, 0.25) is 0 Å². The van der Waals surface area contributed by atoms with Crippen molar-refractivity contribution in [2.45, 2.75) is 45.3 Å². The van der Waals surface area contributed by atoms with E-state index in [1.54, 1.807) is 25.6 Å². The third-order valence-electron chi connectivity index (χ3n) is 5.70. The van der Waals surface area contributed by atoms with Crippen molar-refractivity contribution in [3.05, 3.63) is 70.4 Å². The number of piperidine rings is 1. The largest absolute Gasteiger partial charge is 0.493 e. The van der Waals surface area contributed by atoms with Crippen molar-refractivity contribution in [3.63, 3.8) is 0 Å². The molecule has 7 heteroatoms. The summed E-state index contributed by atoms with van der Waals surface area (Å²) in [5.74, 6) is 2.40. The third kappa shape index (κ3) is 5.34. The van der Waals surface area contributed by atoms with E-state index in [-0.39, 0.29) is 17.6 Å². The molecule has 1 saturated heterocycles. The molecule has 0 amide bonds. The van der Waals surface area contributed by atoms with Gasteiger partial charge in [0.15, 0.2) is 11.5 Å². The summed E-state index contributed by atoms with van der Waals surface area (Å²) in [7, 11) is 1.66. The number of ether oxygens (including phenoxy) is 2. The minimum absolute atomic E-state index is 0.0907. The molecule has 0 spiro atoms. The highest BCUT2D eigenvalue weighted by Crippen LogP contribution is 2.31. The van der Waals surface area contributed by atoms with E-state index in [2.05, 4.69) is 27.0 Å². The van der Waals surface area contributed by atoms with Gasteiger partial charge in [-0.15, -0.1) is 0 Å². The molecule has 7 nitrogen and oxygen atoms in total. The molecule has 3 heterocycles. The summed E-state index contributed by atoms with van der Waals surface area (Å²) in [5, 5.41) is 0. The van der Waals surface area contributed by atoms with E-state index >= 15 is 0 Å². The lowest BCUT2D eigenvalue weighted by molar-refractivity contribution is 0.201. The average Bonchev–Trinajstić information content (AvgIpc) is 2.79. The minimum Gasteiger partial charge on any atom is -0.493 e. The van der Waals surface area contributed by atoms with Gasteiger partial charge in [-0.2, -0.15) is 0 Å². The normalized spacial score (nSPS) is 15.1. The second-order valence-electron chi connectivity index (χ2n) is 8.46. The van der Waals surface area contributed by atoms with Crippen molar-refractivity contribution in [3.8, 4) is 22.9 Å². The standard InChI is InChI=1S/C25H30N4O3/c1-17(2)32-23-13-18(6-7-22(23)31-3)16-29-11-8-19(9-12-29)21-14-24(30)28-25(27-21)20-5-4-10-26-15-20/h4-7,10,13-15,17,19H,8-9,11-12,16H2,1-3H3,(H,27,28,30). The van der Waals surface area contributed by atoms with Gasteiger partial charge >= 0.3 is 0 Å². The predicted octanol–water partition coefficient (Wildman–Crippen LogP) is 4.01. The van der Waals surface area contributed by atoms with Crippen molar-refractivity contribution < 1.29 is 9.47 Å². The van der Waals surface area contributed by atoms with E-state index in [1.807, 2.05) is 32.0 Å². The van der Waals surface area contributed by atoms with E-state index < -0.39 is 0 Å². The summed E-state index contributed by atoms with van der Waals surface area (Å²) < 4.78 is 11.3. The molecule has 0 unspecified atom stereocenters. The Labute approximate surface area is 188 Å². The Hall–Kier alpha value is -3.19. The summed E-state index contributed by atoms with van der Waals surface area (Å²) in [6, 6.07) is 11.5. The van der Waals surface area contributed by atoms with E-state index in [0.717, 1.165) is 55.2 Å². The van der Waals surface area contributed by atoms with Crippen LogP contribution in [0, 0.1) is 0 Å². The van der Waals surface area contributed by atoms with Crippen LogP contribution >= 0.6 is 0 Å². The molecule has 1 fully saturated rings. The first kappa shape index (κ1) is 22.0. The highest BCUT2D eigenvalue weighted by atomic mass is 16.5. The predicted molar refractivity (Wildman–Crippen MR) is 124 cm³/mol. The highest BCUT2D eigenvalue weighted by Gasteiger charge is 2.23. The molecule has 1 aliphatic rings. The summed E-state index contributed by atoms with van der Waals surface area (Å²) in [6.45, 7) is 6.79. The van der Waals surface area contributed by atoms with Crippen molar-refractivity contribution in [2.24, 2.45) is 0 Å². The molecule has 1 N–H and O–H groups in total. The molecule has 3 aromatic rings. The summed E-state index contributed by atoms with van der Waals surface area (Å²) in [5.41, 5.74) is 2.77. The number of nitrogens with one attached hydrogen (secondary N) is 1. The number of aromatic amines is 1. The number of methoxy groups -OCH3 is 1. The van der Waals surface area contributed by atoms with Crippen LogP contribution in [0.3, 0.4) is 0 Å². The van der Waals surface area contributed by atoms with Crippen molar-refractivity contribution in [2.75, 3.05) is 20.2 Å². The van der Waals surface area contributed by atoms with Crippen LogP contribution in [-0.2, 0) is 6.54 Å². The SMILES string of the molecule is COc1ccc(CN2CCC(c3cc(=O)[nH]c(-c4cccnc4)n3)CC2)cc1OC(C)C. The summed E-state index contributed by atoms with van der Waals surface area (Å²) in [4.78, 5) is 26.4. The molecule has 0 saturated carbocycles. The second kappa shape index (κ2) is 9.96. The van der Waals surface area contributed by atoms with E-state index in [4.69, 9.17) is 14.5 Å². The molecule has 0 radical (unpaired) electrons. The first-order valence-corrected chi connectivity index (χ1v) is 11.1. The van der Waals surface area contributed by atoms with Crippen molar-refractivity contribution in [1.29, 1.82) is 0 Å². The van der Waals surface area contributed by atoms with Gasteiger partial charge in [-0.25, -0.2) is 4.98 Å². The first-order chi connectivity index (χ1) is 15.5. The Balaban J connectivity index is 1.42. The number of nitrogens with zero attached hydrogens (tertiary/aromatic N) is 3. The number of benzene rings is 1. The fourth-order valence-corrected chi connectivity index (χ4v) is 4.14. The van der Waals surface area contributed by atoms with Crippen LogP contribution < -0.4 is 15.0 Å². The summed E-state index contributed by atoms with van der Waals surface area (Å²) >= 11 is 0. The molecule has 4 rings (SSSR count). The van der Waals surface area contributed by atoms with Crippen LogP contribution in [-0.4, -0.2) is 46.2 Å². The molecule has 32 heavy (non-hydrogen) atoms. The quantitative estimate of drug-likeness (QED) is 0.605. The lowest BCUT2D eigenvalue weighted by Crippen LogP contribution is -2.33. The maximum absolute atomic E-state index is 12.2. The van der Waals surface area contributed by atoms with Crippen molar-refractivity contribution in [1.82, 2.24) is 19.9 Å². The number of rotatable bonds is 7. The molecule has 0 atom stereocenters. The topological polar surface area (TPSA) is 80.3 Å². The fourth-order valence-electron chi connectivity index (χ4n) is 4.14. The molecule has 1 aromatic carbocycles. The molecule has 0 aliphatic carbocycles. The fraction of sp³-hybridized carbons (Fsp3) is 0.400. The van der Waals surface area contributed by atoms with Crippen LogP contribution in [0.5, 0.6) is 11.5 Å². The Morgan fingerprint density at radius 3 is 2.66 bits per heavy atom. The van der Waals surface area contributed by atoms with Gasteiger partial charge in [0.05, 0.1) is 18.9 Å². The van der Waals surface area contributed by atoms with Gasteiger partial charge < -0.3 is 14.5 Å². The van der Waals surface area contributed by atoms with Crippen LogP contribution in [0.25, 0.3) is 11.4 Å². The van der Waals surface area contributed by atoms with Gasteiger partial charge in [-0.1, -0.05) is 6.07 Å². The maximum atomic E-state index is 12.2. The molecular formula is C25H30N4O3. The minimum atomic E-state index is -0.118. The second-order valence-corrected chi connectivity index (χ2v) is 8.46. The van der Waals surface area contributed by atoms with Crippen LogP contribution in [0.1, 0.15) is 43.9 Å². The maximum Gasteiger partial charge on any atom is 0.251 e. The van der Waals surface area contributed by atoms with E-state index in [0.29, 0.717) is 5.82 Å². The van der Waals surface area contributed by atoms with E-state index in [9.17, 15) is 4.79 Å². The zero-order valence-corrected chi connectivity index (χ0v) is 18.9. The Kier molecular flexibility index (Phi) is 6.85. The van der Waals surface area contributed by atoms with Gasteiger partial charge in [-0.05, 0) is 69.6 Å². The molecule has 0 bridgehead atoms. The monoisotopic (exact) mass is 434 g/mol. The zero-order chi connectivity index (χ0) is 22.5. The lowest BCUT2D eigenvalue weighted by Gasteiger charge is -2.32. The Morgan fingerprint density at radius 2 is 1.97 bits per heavy atom. The zero-order valence-electron chi connectivity index (χ0n) is 18.9. The molecule has 168 valence electrons. The first-order valence-electron chi connectivity index (χ1n) is 11.1. The number of likely N-dealkylation sites (tertiary alicyclic amines) is 1. The van der Waals surface area contributed by atoms with Crippen LogP contribution in [0.15, 0.2) is 53.6 Å². The number of hydrogen-bond acceptors (Lipinski definition) is 6. The van der Waals surface area contributed by atoms with Crippen LogP contribution in [0.2, 0.25) is 0 Å². The smallest absolute Gasteiger partial charge is 0.251 e. The molecular weight excluding hydrogens is 404 g/mol. The molecule has 2 aromatic heterocycles. The Morgan fingerprint density at radius 1 is 1.16 bits per heavy atom. The summed E-state index contributed by atoms with van der Waals surface area (Å²) in [6.07, 6.45) is 5.45. The molecule has 1 aliphatic heterocycles. The average molecular weight is 435 g/mol. The van der Waals surface area contributed by atoms with Gasteiger partial charge in [0.1, 0.15) is 5.82 Å². The third-order valence-corrected chi connectivity index (χ3v) is 5.70. The van der Waals surface area contributed by atoms with Crippen molar-refractivity contribution >= 4 is 0 Å². The lowest BCUT2D eigenvalue weighted by atomic mass is 9.93. The number of H-pyrrole nitrogens is 1. The number of pyridine rings is 1. The van der Waals surface area contributed by atoms with E-state index in [1.165, 1.54) is 5.56 Å². The van der Waals surface area contributed by atoms with Gasteiger partial charge in [-0.3, -0.25) is 14.7 Å². The number of aromatic nitrogens is 3. The number of hydrogen-bond donors (Lipinski definition) is 1. The highest BCUT2D eigenvalue weighted by molar-refractivity contribution is 5.52.